The molecular weight excluding hydrogens is 308 g/mol. The molecule has 0 saturated carbocycles. The number of rotatable bonds is 3. The fraction of sp³-hybridized carbons (Fsp3) is 0.133. The summed E-state index contributed by atoms with van der Waals surface area (Å²) < 4.78 is 0.837. The largest absolute Gasteiger partial charge is 0.508 e. The second-order valence-corrected chi connectivity index (χ2v) is 5.20. The van der Waals surface area contributed by atoms with Crippen LogP contribution < -0.4 is 0 Å². The van der Waals surface area contributed by atoms with Gasteiger partial charge in [-0.05, 0) is 41.8 Å². The number of phenols is 1. The minimum atomic E-state index is -0.843. The van der Waals surface area contributed by atoms with Crippen LogP contribution in [0.5, 0.6) is 5.75 Å². The van der Waals surface area contributed by atoms with E-state index in [2.05, 4.69) is 15.9 Å². The van der Waals surface area contributed by atoms with E-state index in [4.69, 9.17) is 5.11 Å². The number of halogens is 1. The predicted octanol–water partition coefficient (Wildman–Crippen LogP) is 4.01. The number of carboxylic acid groups (broad SMARTS) is 1. The third kappa shape index (κ3) is 2.96. The quantitative estimate of drug-likeness (QED) is 0.898. The number of benzene rings is 2. The van der Waals surface area contributed by atoms with Gasteiger partial charge in [0.2, 0.25) is 0 Å². The Bertz CT molecular complexity index is 605. The maximum Gasteiger partial charge on any atom is 0.310 e. The van der Waals surface area contributed by atoms with Crippen molar-refractivity contribution in [2.75, 3.05) is 0 Å². The number of hydrogen-bond donors (Lipinski definition) is 2. The monoisotopic (exact) mass is 320 g/mol. The molecule has 2 N–H and O–H groups in total. The van der Waals surface area contributed by atoms with Crippen LogP contribution in [0.3, 0.4) is 0 Å². The molecule has 1 atom stereocenters. The topological polar surface area (TPSA) is 57.5 Å². The van der Waals surface area contributed by atoms with E-state index in [0.29, 0.717) is 0 Å². The van der Waals surface area contributed by atoms with Crippen LogP contribution in [0.1, 0.15) is 18.4 Å². The van der Waals surface area contributed by atoms with Crippen molar-refractivity contribution in [1.82, 2.24) is 0 Å². The molecule has 1 unspecified atom stereocenters. The lowest BCUT2D eigenvalue weighted by atomic mass is 9.97. The lowest BCUT2D eigenvalue weighted by Gasteiger charge is -2.10. The molecule has 0 heterocycles. The minimum Gasteiger partial charge on any atom is -0.508 e. The highest BCUT2D eigenvalue weighted by atomic mass is 79.9. The first-order valence-electron chi connectivity index (χ1n) is 5.80. The van der Waals surface area contributed by atoms with Crippen molar-refractivity contribution < 1.29 is 15.0 Å². The molecule has 19 heavy (non-hydrogen) atoms. The molecule has 0 aliphatic rings. The second kappa shape index (κ2) is 5.45. The number of carbonyl (C=O) groups is 1. The lowest BCUT2D eigenvalue weighted by Crippen LogP contribution is -2.07. The summed E-state index contributed by atoms with van der Waals surface area (Å²) >= 11 is 3.46. The standard InChI is InChI=1S/C15H13BrO3/c1-9(15(18)19)11-4-7-13(14(16)8-11)10-2-5-12(17)6-3-10/h2-9,17H,1H3,(H,18,19). The third-order valence-corrected chi connectivity index (χ3v) is 3.70. The van der Waals surface area contributed by atoms with Gasteiger partial charge in [0.25, 0.3) is 0 Å². The van der Waals surface area contributed by atoms with Crippen LogP contribution in [0.2, 0.25) is 0 Å². The molecule has 2 aromatic rings. The highest BCUT2D eigenvalue weighted by Gasteiger charge is 2.15. The number of carboxylic acids is 1. The maximum atomic E-state index is 11.0. The fourth-order valence-electron chi connectivity index (χ4n) is 1.82. The normalized spacial score (nSPS) is 12.1. The van der Waals surface area contributed by atoms with Gasteiger partial charge < -0.3 is 10.2 Å². The van der Waals surface area contributed by atoms with Gasteiger partial charge in [0.1, 0.15) is 5.75 Å². The Labute approximate surface area is 119 Å². The number of phenolic OH excluding ortho intramolecular Hbond substituents is 1. The van der Waals surface area contributed by atoms with Crippen molar-refractivity contribution in [3.8, 4) is 16.9 Å². The Morgan fingerprint density at radius 3 is 2.32 bits per heavy atom. The van der Waals surface area contributed by atoms with Crippen molar-refractivity contribution in [3.05, 3.63) is 52.5 Å². The van der Waals surface area contributed by atoms with Gasteiger partial charge in [-0.3, -0.25) is 4.79 Å². The van der Waals surface area contributed by atoms with Crippen LogP contribution in [-0.4, -0.2) is 16.2 Å². The first-order valence-corrected chi connectivity index (χ1v) is 6.60. The molecule has 0 aliphatic heterocycles. The van der Waals surface area contributed by atoms with E-state index >= 15 is 0 Å². The molecule has 0 aromatic heterocycles. The average Bonchev–Trinajstić information content (AvgIpc) is 2.39. The summed E-state index contributed by atoms with van der Waals surface area (Å²) in [4.78, 5) is 11.0. The van der Waals surface area contributed by atoms with E-state index in [9.17, 15) is 9.90 Å². The van der Waals surface area contributed by atoms with Crippen molar-refractivity contribution in [1.29, 1.82) is 0 Å². The highest BCUT2D eigenvalue weighted by molar-refractivity contribution is 9.10. The number of aliphatic carboxylic acids is 1. The zero-order valence-corrected chi connectivity index (χ0v) is 11.9. The Morgan fingerprint density at radius 2 is 1.79 bits per heavy atom. The van der Waals surface area contributed by atoms with Crippen molar-refractivity contribution in [3.63, 3.8) is 0 Å². The van der Waals surface area contributed by atoms with Gasteiger partial charge in [-0.25, -0.2) is 0 Å². The van der Waals surface area contributed by atoms with Crippen molar-refractivity contribution in [2.45, 2.75) is 12.8 Å². The Balaban J connectivity index is 2.39. The molecule has 0 aliphatic carbocycles. The molecule has 4 heteroatoms. The zero-order valence-electron chi connectivity index (χ0n) is 10.3. The zero-order chi connectivity index (χ0) is 14.0. The van der Waals surface area contributed by atoms with Gasteiger partial charge in [0.15, 0.2) is 0 Å². The van der Waals surface area contributed by atoms with E-state index in [1.807, 2.05) is 30.3 Å². The van der Waals surface area contributed by atoms with Crippen LogP contribution in [0, 0.1) is 0 Å². The predicted molar refractivity (Wildman–Crippen MR) is 77.3 cm³/mol. The average molecular weight is 321 g/mol. The number of aromatic hydroxyl groups is 1. The van der Waals surface area contributed by atoms with Crippen molar-refractivity contribution in [2.24, 2.45) is 0 Å². The molecule has 0 fully saturated rings. The molecule has 0 saturated heterocycles. The second-order valence-electron chi connectivity index (χ2n) is 4.35. The van der Waals surface area contributed by atoms with Crippen LogP contribution >= 0.6 is 15.9 Å². The van der Waals surface area contributed by atoms with E-state index in [0.717, 1.165) is 21.2 Å². The van der Waals surface area contributed by atoms with E-state index in [-0.39, 0.29) is 5.75 Å². The molecule has 2 rings (SSSR count). The smallest absolute Gasteiger partial charge is 0.310 e. The summed E-state index contributed by atoms with van der Waals surface area (Å²) in [5.41, 5.74) is 2.67. The van der Waals surface area contributed by atoms with Crippen LogP contribution in [0.15, 0.2) is 46.9 Å². The molecule has 0 radical (unpaired) electrons. The van der Waals surface area contributed by atoms with E-state index < -0.39 is 11.9 Å². The SMILES string of the molecule is CC(C(=O)O)c1ccc(-c2ccc(O)cc2)c(Br)c1. The van der Waals surface area contributed by atoms with Gasteiger partial charge in [-0.15, -0.1) is 0 Å². The summed E-state index contributed by atoms with van der Waals surface area (Å²) in [5, 5.41) is 18.3. The fourth-order valence-corrected chi connectivity index (χ4v) is 2.44. The van der Waals surface area contributed by atoms with Gasteiger partial charge in [-0.2, -0.15) is 0 Å². The summed E-state index contributed by atoms with van der Waals surface area (Å²) in [5.74, 6) is -1.16. The Hall–Kier alpha value is -1.81. The summed E-state index contributed by atoms with van der Waals surface area (Å²) in [6.07, 6.45) is 0. The minimum absolute atomic E-state index is 0.219. The summed E-state index contributed by atoms with van der Waals surface area (Å²) in [6, 6.07) is 12.4. The van der Waals surface area contributed by atoms with Crippen LogP contribution in [-0.2, 0) is 4.79 Å². The Morgan fingerprint density at radius 1 is 1.16 bits per heavy atom. The van der Waals surface area contributed by atoms with E-state index in [1.54, 1.807) is 19.1 Å². The summed E-state index contributed by atoms with van der Waals surface area (Å²) in [6.45, 7) is 1.66. The van der Waals surface area contributed by atoms with E-state index in [1.165, 1.54) is 0 Å². The first kappa shape index (κ1) is 13.6. The molecule has 2 aromatic carbocycles. The summed E-state index contributed by atoms with van der Waals surface area (Å²) in [7, 11) is 0. The number of hydrogen-bond acceptors (Lipinski definition) is 2. The van der Waals surface area contributed by atoms with Crippen LogP contribution in [0.25, 0.3) is 11.1 Å². The van der Waals surface area contributed by atoms with Gasteiger partial charge in [0, 0.05) is 4.47 Å². The van der Waals surface area contributed by atoms with Gasteiger partial charge >= 0.3 is 5.97 Å². The molecular formula is C15H13BrO3. The van der Waals surface area contributed by atoms with Gasteiger partial charge in [-0.1, -0.05) is 40.2 Å². The maximum absolute atomic E-state index is 11.0. The molecule has 0 amide bonds. The van der Waals surface area contributed by atoms with Crippen LogP contribution in [0.4, 0.5) is 0 Å². The Kier molecular flexibility index (Phi) is 3.90. The van der Waals surface area contributed by atoms with Gasteiger partial charge in [0.05, 0.1) is 5.92 Å². The third-order valence-electron chi connectivity index (χ3n) is 3.04. The molecule has 0 bridgehead atoms. The molecule has 0 spiro atoms. The molecule has 3 nitrogen and oxygen atoms in total. The molecule has 98 valence electrons. The van der Waals surface area contributed by atoms with Crippen molar-refractivity contribution >= 4 is 21.9 Å². The first-order chi connectivity index (χ1) is 8.99. The highest BCUT2D eigenvalue weighted by Crippen LogP contribution is 2.32. The lowest BCUT2D eigenvalue weighted by molar-refractivity contribution is -0.138.